The standard InChI is InChI=1S/C30H31N3O3S2/c1-29(2,37-19-25-18-31-21-32-25)28(36)33-26(27(34)35)20-38-30(22-12-6-3-7-13-22,23-14-8-4-9-15-23)24-16-10-5-11-17-24/h3-18,21,26H,19-20H2,1-2H3,(H,31,32)(H,33,36)(H,34,35)/t26-/m0/s1. The highest BCUT2D eigenvalue weighted by Crippen LogP contribution is 2.48. The van der Waals surface area contributed by atoms with Gasteiger partial charge in [0.05, 0.1) is 15.8 Å². The molecule has 4 rings (SSSR count). The smallest absolute Gasteiger partial charge is 0.327 e. The number of carboxylic acids is 1. The fourth-order valence-corrected chi connectivity index (χ4v) is 6.59. The molecule has 0 fully saturated rings. The molecule has 3 N–H and O–H groups in total. The second-order valence-corrected chi connectivity index (χ2v) is 12.2. The Morgan fingerprint density at radius 2 is 1.37 bits per heavy atom. The third-order valence-electron chi connectivity index (χ3n) is 6.30. The maximum Gasteiger partial charge on any atom is 0.327 e. The van der Waals surface area contributed by atoms with Gasteiger partial charge in [-0.3, -0.25) is 4.79 Å². The number of amides is 1. The van der Waals surface area contributed by atoms with Gasteiger partial charge in [-0.05, 0) is 30.5 Å². The van der Waals surface area contributed by atoms with Crippen LogP contribution in [-0.4, -0.2) is 43.5 Å². The van der Waals surface area contributed by atoms with E-state index in [4.69, 9.17) is 0 Å². The quantitative estimate of drug-likeness (QED) is 0.197. The van der Waals surface area contributed by atoms with Crippen LogP contribution >= 0.6 is 23.5 Å². The molecular weight excluding hydrogens is 514 g/mol. The van der Waals surface area contributed by atoms with E-state index in [0.29, 0.717) is 5.75 Å². The van der Waals surface area contributed by atoms with Gasteiger partial charge < -0.3 is 15.4 Å². The lowest BCUT2D eigenvalue weighted by molar-refractivity contribution is -0.141. The van der Waals surface area contributed by atoms with Crippen molar-refractivity contribution in [2.24, 2.45) is 0 Å². The molecule has 1 heterocycles. The molecule has 8 heteroatoms. The first-order valence-corrected chi connectivity index (χ1v) is 14.3. The molecule has 0 aliphatic heterocycles. The fourth-order valence-electron chi connectivity index (χ4n) is 4.17. The van der Waals surface area contributed by atoms with Crippen LogP contribution in [0.3, 0.4) is 0 Å². The SMILES string of the molecule is CC(C)(SCc1cnc[nH]1)C(=O)N[C@@H](CSC(c1ccccc1)(c1ccccc1)c1ccccc1)C(=O)O. The number of hydrogen-bond donors (Lipinski definition) is 3. The number of benzene rings is 3. The number of nitrogens with one attached hydrogen (secondary N) is 2. The Kier molecular flexibility index (Phi) is 8.97. The van der Waals surface area contributed by atoms with Gasteiger partial charge in [0.25, 0.3) is 0 Å². The van der Waals surface area contributed by atoms with Crippen molar-refractivity contribution >= 4 is 35.4 Å². The van der Waals surface area contributed by atoms with Gasteiger partial charge in [0.2, 0.25) is 5.91 Å². The van der Waals surface area contributed by atoms with Crippen LogP contribution in [0.1, 0.15) is 36.2 Å². The highest BCUT2D eigenvalue weighted by atomic mass is 32.2. The fraction of sp³-hybridized carbons (Fsp3) is 0.233. The van der Waals surface area contributed by atoms with Crippen LogP contribution in [0.2, 0.25) is 0 Å². The van der Waals surface area contributed by atoms with E-state index >= 15 is 0 Å². The van der Waals surface area contributed by atoms with Crippen molar-refractivity contribution in [3.63, 3.8) is 0 Å². The second-order valence-electron chi connectivity index (χ2n) is 9.33. The number of carbonyl (C=O) groups is 2. The summed E-state index contributed by atoms with van der Waals surface area (Å²) in [4.78, 5) is 32.7. The summed E-state index contributed by atoms with van der Waals surface area (Å²) >= 11 is 2.94. The predicted molar refractivity (Wildman–Crippen MR) is 155 cm³/mol. The number of H-pyrrole nitrogens is 1. The topological polar surface area (TPSA) is 95.1 Å². The van der Waals surface area contributed by atoms with Crippen molar-refractivity contribution in [2.45, 2.75) is 35.1 Å². The van der Waals surface area contributed by atoms with Crippen LogP contribution < -0.4 is 5.32 Å². The predicted octanol–water partition coefficient (Wildman–Crippen LogP) is 5.72. The minimum atomic E-state index is -1.07. The number of rotatable bonds is 12. The summed E-state index contributed by atoms with van der Waals surface area (Å²) in [5.41, 5.74) is 4.01. The Hall–Kier alpha value is -3.49. The van der Waals surface area contributed by atoms with Crippen molar-refractivity contribution in [3.8, 4) is 0 Å². The molecule has 38 heavy (non-hydrogen) atoms. The molecule has 0 bridgehead atoms. The minimum absolute atomic E-state index is 0.168. The van der Waals surface area contributed by atoms with Gasteiger partial charge in [0.1, 0.15) is 6.04 Å². The van der Waals surface area contributed by atoms with E-state index in [1.54, 1.807) is 26.4 Å². The van der Waals surface area contributed by atoms with E-state index in [-0.39, 0.29) is 11.7 Å². The summed E-state index contributed by atoms with van der Waals surface area (Å²) in [6, 6.07) is 29.2. The first kappa shape index (κ1) is 27.5. The Morgan fingerprint density at radius 3 is 1.79 bits per heavy atom. The average Bonchev–Trinajstić information content (AvgIpc) is 3.47. The highest BCUT2D eigenvalue weighted by molar-refractivity contribution is 8.01. The lowest BCUT2D eigenvalue weighted by Crippen LogP contribution is -2.50. The first-order chi connectivity index (χ1) is 18.3. The Labute approximate surface area is 231 Å². The second kappa shape index (κ2) is 12.4. The maximum atomic E-state index is 13.2. The number of aliphatic carboxylic acids is 1. The lowest BCUT2D eigenvalue weighted by atomic mass is 9.84. The molecule has 196 valence electrons. The molecule has 0 spiro atoms. The van der Waals surface area contributed by atoms with E-state index in [1.807, 2.05) is 54.6 Å². The van der Waals surface area contributed by atoms with Crippen molar-refractivity contribution in [1.82, 2.24) is 15.3 Å². The number of thioether (sulfide) groups is 2. The molecule has 4 aromatic rings. The van der Waals surface area contributed by atoms with Crippen molar-refractivity contribution in [1.29, 1.82) is 0 Å². The molecule has 0 unspecified atom stereocenters. The summed E-state index contributed by atoms with van der Waals surface area (Å²) in [5, 5.41) is 12.9. The third kappa shape index (κ3) is 6.31. The van der Waals surface area contributed by atoms with Crippen LogP contribution in [-0.2, 0) is 20.1 Å². The zero-order valence-electron chi connectivity index (χ0n) is 21.3. The molecule has 3 aromatic carbocycles. The van der Waals surface area contributed by atoms with Gasteiger partial charge in [-0.2, -0.15) is 0 Å². The Balaban J connectivity index is 1.62. The van der Waals surface area contributed by atoms with Crippen molar-refractivity contribution < 1.29 is 14.7 Å². The van der Waals surface area contributed by atoms with Crippen LogP contribution in [0.4, 0.5) is 0 Å². The van der Waals surface area contributed by atoms with Gasteiger partial charge in [-0.25, -0.2) is 9.78 Å². The zero-order chi connectivity index (χ0) is 27.0. The molecular formula is C30H31N3O3S2. The number of imidazole rings is 1. The lowest BCUT2D eigenvalue weighted by Gasteiger charge is -2.36. The number of carboxylic acid groups (broad SMARTS) is 1. The van der Waals surface area contributed by atoms with Gasteiger partial charge in [0, 0.05) is 23.4 Å². The van der Waals surface area contributed by atoms with Gasteiger partial charge in [-0.15, -0.1) is 23.5 Å². The molecule has 0 aliphatic rings. The van der Waals surface area contributed by atoms with Crippen LogP contribution in [0.25, 0.3) is 0 Å². The van der Waals surface area contributed by atoms with E-state index in [2.05, 4.69) is 51.7 Å². The molecule has 1 amide bonds. The average molecular weight is 546 g/mol. The van der Waals surface area contributed by atoms with E-state index in [1.165, 1.54) is 23.5 Å². The Morgan fingerprint density at radius 1 is 0.868 bits per heavy atom. The summed E-state index contributed by atoms with van der Waals surface area (Å²) in [6.45, 7) is 3.61. The number of aromatic nitrogens is 2. The number of aromatic amines is 1. The van der Waals surface area contributed by atoms with Gasteiger partial charge in [-0.1, -0.05) is 91.0 Å². The molecule has 0 aliphatic carbocycles. The molecule has 0 saturated carbocycles. The number of carbonyl (C=O) groups excluding carboxylic acids is 1. The van der Waals surface area contributed by atoms with E-state index in [9.17, 15) is 14.7 Å². The molecule has 1 aromatic heterocycles. The van der Waals surface area contributed by atoms with E-state index < -0.39 is 21.5 Å². The zero-order valence-corrected chi connectivity index (χ0v) is 23.0. The monoisotopic (exact) mass is 545 g/mol. The summed E-state index contributed by atoms with van der Waals surface area (Å²) < 4.78 is -1.51. The molecule has 0 radical (unpaired) electrons. The summed E-state index contributed by atoms with van der Waals surface area (Å²) in [5.74, 6) is -0.657. The van der Waals surface area contributed by atoms with Crippen molar-refractivity contribution in [3.05, 3.63) is 126 Å². The van der Waals surface area contributed by atoms with Crippen LogP contribution in [0, 0.1) is 0 Å². The highest BCUT2D eigenvalue weighted by Gasteiger charge is 2.39. The normalized spacial score (nSPS) is 12.6. The summed E-state index contributed by atoms with van der Waals surface area (Å²) in [7, 11) is 0. The Bertz CT molecular complexity index is 1220. The summed E-state index contributed by atoms with van der Waals surface area (Å²) in [6.07, 6.45) is 3.31. The minimum Gasteiger partial charge on any atom is -0.480 e. The number of hydrogen-bond acceptors (Lipinski definition) is 5. The van der Waals surface area contributed by atoms with Gasteiger partial charge in [0.15, 0.2) is 0 Å². The third-order valence-corrected chi connectivity index (χ3v) is 9.30. The molecule has 0 saturated heterocycles. The maximum absolute atomic E-state index is 13.2. The number of nitrogens with zero attached hydrogens (tertiary/aromatic N) is 1. The largest absolute Gasteiger partial charge is 0.480 e. The first-order valence-electron chi connectivity index (χ1n) is 12.3. The van der Waals surface area contributed by atoms with Gasteiger partial charge >= 0.3 is 5.97 Å². The van der Waals surface area contributed by atoms with E-state index in [0.717, 1.165) is 22.4 Å². The van der Waals surface area contributed by atoms with Crippen LogP contribution in [0.5, 0.6) is 0 Å². The van der Waals surface area contributed by atoms with Crippen molar-refractivity contribution in [2.75, 3.05) is 5.75 Å². The molecule has 1 atom stereocenters. The van der Waals surface area contributed by atoms with Crippen LogP contribution in [0.15, 0.2) is 104 Å². The molecule has 6 nitrogen and oxygen atoms in total.